The fourth-order valence-electron chi connectivity index (χ4n) is 1.11. The van der Waals surface area contributed by atoms with Crippen LogP contribution in [0.2, 0.25) is 0 Å². The molecule has 7 heteroatoms. The van der Waals surface area contributed by atoms with E-state index >= 15 is 0 Å². The summed E-state index contributed by atoms with van der Waals surface area (Å²) >= 11 is 40.3. The van der Waals surface area contributed by atoms with Gasteiger partial charge in [-0.3, -0.25) is 0 Å². The van der Waals surface area contributed by atoms with Crippen LogP contribution < -0.4 is 0 Å². The second-order valence-electron chi connectivity index (χ2n) is 3.22. The third kappa shape index (κ3) is 5.57. The Kier molecular flexibility index (Phi) is 10.3. The van der Waals surface area contributed by atoms with Crippen molar-refractivity contribution in [3.05, 3.63) is 24.3 Å². The molecule has 0 nitrogen and oxygen atoms in total. The highest BCUT2D eigenvalue weighted by molar-refractivity contribution is 6.45. The maximum atomic E-state index is 5.88. The summed E-state index contributed by atoms with van der Waals surface area (Å²) < 4.78 is 0. The van der Waals surface area contributed by atoms with E-state index in [0.717, 1.165) is 0 Å². The molecule has 0 unspecified atom stereocenters. The summed E-state index contributed by atoms with van der Waals surface area (Å²) in [4.78, 5) is 0. The summed E-state index contributed by atoms with van der Waals surface area (Å²) in [5.41, 5.74) is 1.41. The molecule has 0 saturated heterocycles. The molecule has 0 aromatic carbocycles. The van der Waals surface area contributed by atoms with E-state index in [4.69, 9.17) is 81.2 Å². The predicted molar refractivity (Wildman–Crippen MR) is 83.0 cm³/mol. The molecular weight excluding hydrogens is 368 g/mol. The van der Waals surface area contributed by atoms with Crippen molar-refractivity contribution >= 4 is 81.2 Å². The molecule has 1 fully saturated rings. The molecule has 1 saturated carbocycles. The first-order valence-electron chi connectivity index (χ1n) is 4.60. The van der Waals surface area contributed by atoms with Crippen LogP contribution in [-0.4, -0.2) is 32.3 Å². The highest BCUT2D eigenvalue weighted by Gasteiger charge is 2.46. The van der Waals surface area contributed by atoms with E-state index in [1.54, 1.807) is 12.2 Å². The van der Waals surface area contributed by atoms with Crippen LogP contribution in [0.5, 0.6) is 0 Å². The Morgan fingerprint density at radius 3 is 0.941 bits per heavy atom. The van der Waals surface area contributed by atoms with Gasteiger partial charge in [0.25, 0.3) is 0 Å². The maximum absolute atomic E-state index is 5.88. The molecule has 0 aliphatic heterocycles. The molecular formula is C10H11Cl7. The number of hydrogen-bond acceptors (Lipinski definition) is 0. The summed E-state index contributed by atoms with van der Waals surface area (Å²) in [6.07, 6.45) is 3.27. The van der Waals surface area contributed by atoms with Gasteiger partial charge in [0.15, 0.2) is 0 Å². The van der Waals surface area contributed by atoms with Crippen molar-refractivity contribution in [1.29, 1.82) is 0 Å². The number of hydrogen-bond donors (Lipinski definition) is 0. The van der Waals surface area contributed by atoms with E-state index in [1.165, 1.54) is 5.54 Å². The van der Waals surface area contributed by atoms with Crippen molar-refractivity contribution in [2.75, 3.05) is 0 Å². The van der Waals surface area contributed by atoms with Gasteiger partial charge in [0.1, 0.15) is 0 Å². The Morgan fingerprint density at radius 2 is 0.882 bits per heavy atom. The average molecular weight is 379 g/mol. The zero-order valence-electron chi connectivity index (χ0n) is 8.55. The molecule has 1 rings (SSSR count). The molecule has 0 radical (unpaired) electrons. The van der Waals surface area contributed by atoms with Crippen LogP contribution in [0.1, 0.15) is 0 Å². The standard InChI is InChI=1S/C6H6Cl6.C4H5Cl/c7-1-2(8)4(10)6(12)5(11)3(1)9;1-2-3-4-5/h1-6H;2-4H,1H2/b;4-3+. The lowest BCUT2D eigenvalue weighted by Gasteiger charge is -2.37. The van der Waals surface area contributed by atoms with E-state index in [2.05, 4.69) is 6.58 Å². The number of rotatable bonds is 1. The Bertz CT molecular complexity index is 197. The van der Waals surface area contributed by atoms with Crippen molar-refractivity contribution in [2.45, 2.75) is 32.3 Å². The second-order valence-corrected chi connectivity index (χ2v) is 6.50. The van der Waals surface area contributed by atoms with Crippen molar-refractivity contribution in [1.82, 2.24) is 0 Å². The zero-order valence-corrected chi connectivity index (χ0v) is 13.8. The molecule has 100 valence electrons. The molecule has 1 aliphatic carbocycles. The highest BCUT2D eigenvalue weighted by atomic mass is 35.5. The van der Waals surface area contributed by atoms with Gasteiger partial charge in [-0.25, -0.2) is 0 Å². The van der Waals surface area contributed by atoms with Gasteiger partial charge in [0.05, 0.1) is 32.3 Å². The summed E-state index contributed by atoms with van der Waals surface area (Å²) in [5, 5.41) is -2.62. The normalized spacial score (nSPS) is 41.8. The molecule has 0 heterocycles. The van der Waals surface area contributed by atoms with E-state index in [0.29, 0.717) is 0 Å². The molecule has 0 bridgehead atoms. The molecule has 0 amide bonds. The number of alkyl halides is 6. The first-order chi connectivity index (χ1) is 7.88. The minimum atomic E-state index is -0.437. The van der Waals surface area contributed by atoms with Gasteiger partial charge in [-0.15, -0.1) is 69.6 Å². The van der Waals surface area contributed by atoms with Gasteiger partial charge < -0.3 is 0 Å². The molecule has 1 aliphatic rings. The molecule has 0 aromatic rings. The fourth-order valence-corrected chi connectivity index (χ4v) is 3.54. The third-order valence-electron chi connectivity index (χ3n) is 2.03. The monoisotopic (exact) mass is 376 g/mol. The lowest BCUT2D eigenvalue weighted by atomic mass is 9.97. The number of allylic oxidation sites excluding steroid dienone is 2. The molecule has 0 N–H and O–H groups in total. The quantitative estimate of drug-likeness (QED) is 0.413. The summed E-state index contributed by atoms with van der Waals surface area (Å²) in [5.74, 6) is 0. The first kappa shape index (κ1) is 18.5. The van der Waals surface area contributed by atoms with Gasteiger partial charge in [-0.05, 0) is 0 Å². The minimum Gasteiger partial charge on any atom is -0.120 e. The Morgan fingerprint density at radius 1 is 0.647 bits per heavy atom. The third-order valence-corrected chi connectivity index (χ3v) is 6.21. The molecule has 0 atom stereocenters. The van der Waals surface area contributed by atoms with Crippen molar-refractivity contribution in [3.8, 4) is 0 Å². The van der Waals surface area contributed by atoms with Gasteiger partial charge in [0, 0.05) is 5.54 Å². The van der Waals surface area contributed by atoms with Crippen LogP contribution in [-0.2, 0) is 0 Å². The van der Waals surface area contributed by atoms with Gasteiger partial charge in [-0.2, -0.15) is 0 Å². The van der Waals surface area contributed by atoms with Crippen LogP contribution in [0.4, 0.5) is 0 Å². The van der Waals surface area contributed by atoms with E-state index in [-0.39, 0.29) is 0 Å². The van der Waals surface area contributed by atoms with E-state index in [9.17, 15) is 0 Å². The summed E-state index contributed by atoms with van der Waals surface area (Å²) in [7, 11) is 0. The maximum Gasteiger partial charge on any atom is 0.0693 e. The Hall–Kier alpha value is 1.51. The summed E-state index contributed by atoms with van der Waals surface area (Å²) in [6.45, 7) is 3.38. The minimum absolute atomic E-state index is 0.437. The largest absolute Gasteiger partial charge is 0.120 e. The summed E-state index contributed by atoms with van der Waals surface area (Å²) in [6, 6.07) is 0. The molecule has 0 aromatic heterocycles. The smallest absolute Gasteiger partial charge is 0.0693 e. The second kappa shape index (κ2) is 9.42. The van der Waals surface area contributed by atoms with Gasteiger partial charge in [0.2, 0.25) is 0 Å². The lowest BCUT2D eigenvalue weighted by molar-refractivity contribution is 0.544. The molecule has 17 heavy (non-hydrogen) atoms. The highest BCUT2D eigenvalue weighted by Crippen LogP contribution is 2.39. The van der Waals surface area contributed by atoms with Gasteiger partial charge >= 0.3 is 0 Å². The fraction of sp³-hybridized carbons (Fsp3) is 0.600. The average Bonchev–Trinajstić information content (AvgIpc) is 2.33. The zero-order chi connectivity index (χ0) is 13.6. The Balaban J connectivity index is 0.000000437. The van der Waals surface area contributed by atoms with Crippen LogP contribution >= 0.6 is 81.2 Å². The predicted octanol–water partition coefficient (Wildman–Crippen LogP) is 5.57. The van der Waals surface area contributed by atoms with Crippen molar-refractivity contribution < 1.29 is 0 Å². The van der Waals surface area contributed by atoms with Crippen molar-refractivity contribution in [2.24, 2.45) is 0 Å². The van der Waals surface area contributed by atoms with E-state index in [1.807, 2.05) is 0 Å². The van der Waals surface area contributed by atoms with Crippen LogP contribution in [0.15, 0.2) is 24.3 Å². The number of halogens is 7. The SMILES string of the molecule is C=C/C=C/Cl.ClC1C(Cl)C(Cl)C(Cl)C(Cl)C1Cl. The van der Waals surface area contributed by atoms with Crippen LogP contribution in [0.25, 0.3) is 0 Å². The topological polar surface area (TPSA) is 0 Å². The lowest BCUT2D eigenvalue weighted by Crippen LogP contribution is -2.52. The first-order valence-corrected chi connectivity index (χ1v) is 7.66. The van der Waals surface area contributed by atoms with Crippen molar-refractivity contribution in [3.63, 3.8) is 0 Å². The van der Waals surface area contributed by atoms with Crippen LogP contribution in [0, 0.1) is 0 Å². The van der Waals surface area contributed by atoms with Crippen LogP contribution in [0.3, 0.4) is 0 Å². The van der Waals surface area contributed by atoms with E-state index < -0.39 is 32.3 Å². The Labute approximate surface area is 137 Å². The molecule has 0 spiro atoms. The van der Waals surface area contributed by atoms with Gasteiger partial charge in [-0.1, -0.05) is 30.3 Å².